The van der Waals surface area contributed by atoms with Gasteiger partial charge in [0.15, 0.2) is 0 Å². The van der Waals surface area contributed by atoms with E-state index in [1.165, 1.54) is 12.5 Å². The third-order valence-corrected chi connectivity index (χ3v) is 5.83. The zero-order valence-corrected chi connectivity index (χ0v) is 17.5. The molecule has 0 spiro atoms. The molecule has 1 saturated heterocycles. The highest BCUT2D eigenvalue weighted by Crippen LogP contribution is 2.37. The Morgan fingerprint density at radius 1 is 1.24 bits per heavy atom. The normalized spacial score (nSPS) is 17.3. The predicted octanol–water partition coefficient (Wildman–Crippen LogP) is 4.71. The second-order valence-corrected chi connectivity index (χ2v) is 8.47. The number of hydrogen-bond donors (Lipinski definition) is 1. The van der Waals surface area contributed by atoms with Crippen molar-refractivity contribution in [3.63, 3.8) is 0 Å². The molecule has 0 saturated carbocycles. The van der Waals surface area contributed by atoms with Crippen LogP contribution < -0.4 is 10.6 Å². The Bertz CT molecular complexity index is 1010. The molecule has 1 aliphatic heterocycles. The van der Waals surface area contributed by atoms with Gasteiger partial charge in [-0.25, -0.2) is 9.37 Å². The minimum absolute atomic E-state index is 0.192. The average Bonchev–Trinajstić information content (AvgIpc) is 2.67. The minimum Gasteiger partial charge on any atom is -0.384 e. The van der Waals surface area contributed by atoms with Gasteiger partial charge in [0.05, 0.1) is 0 Å². The number of aryl methyl sites for hydroxylation is 1. The third kappa shape index (κ3) is 4.06. The number of halogens is 1. The molecule has 3 aromatic rings. The van der Waals surface area contributed by atoms with Crippen LogP contribution in [0, 0.1) is 18.7 Å². The Morgan fingerprint density at radius 3 is 2.83 bits per heavy atom. The lowest BCUT2D eigenvalue weighted by molar-refractivity contribution is 0.292. The average molecular weight is 393 g/mol. The van der Waals surface area contributed by atoms with E-state index in [4.69, 9.17) is 5.73 Å². The molecule has 0 aliphatic carbocycles. The first kappa shape index (κ1) is 19.6. The van der Waals surface area contributed by atoms with Crippen molar-refractivity contribution in [3.05, 3.63) is 54.0 Å². The predicted molar refractivity (Wildman–Crippen MR) is 120 cm³/mol. The maximum Gasteiger partial charge on any atom is 0.131 e. The summed E-state index contributed by atoms with van der Waals surface area (Å²) in [4.78, 5) is 8.99. The number of piperidine rings is 1. The molecule has 0 amide bonds. The molecule has 2 aromatic carbocycles. The molecule has 5 heteroatoms. The van der Waals surface area contributed by atoms with Crippen LogP contribution in [0.3, 0.4) is 0 Å². The number of aromatic nitrogens is 1. The second kappa shape index (κ2) is 7.99. The van der Waals surface area contributed by atoms with Crippen molar-refractivity contribution in [2.24, 2.45) is 5.92 Å². The van der Waals surface area contributed by atoms with E-state index >= 15 is 0 Å². The van der Waals surface area contributed by atoms with Crippen LogP contribution in [0.1, 0.15) is 18.4 Å². The molecule has 4 nitrogen and oxygen atoms in total. The summed E-state index contributed by atoms with van der Waals surface area (Å²) in [6.07, 6.45) is 4.20. The summed E-state index contributed by atoms with van der Waals surface area (Å²) in [5.41, 5.74) is 9.63. The molecule has 0 unspecified atom stereocenters. The van der Waals surface area contributed by atoms with Crippen LogP contribution in [-0.4, -0.2) is 43.6 Å². The van der Waals surface area contributed by atoms with Crippen LogP contribution in [0.2, 0.25) is 0 Å². The maximum atomic E-state index is 14.7. The maximum absolute atomic E-state index is 14.7. The van der Waals surface area contributed by atoms with Gasteiger partial charge >= 0.3 is 0 Å². The summed E-state index contributed by atoms with van der Waals surface area (Å²) < 4.78 is 14.7. The molecule has 1 fully saturated rings. The highest BCUT2D eigenvalue weighted by Gasteiger charge is 2.23. The molecule has 0 radical (unpaired) electrons. The molecule has 2 heterocycles. The van der Waals surface area contributed by atoms with Crippen molar-refractivity contribution in [2.45, 2.75) is 19.8 Å². The van der Waals surface area contributed by atoms with E-state index in [2.05, 4.69) is 34.9 Å². The lowest BCUT2D eigenvalue weighted by Gasteiger charge is -2.36. The van der Waals surface area contributed by atoms with Crippen molar-refractivity contribution in [1.82, 2.24) is 9.88 Å². The van der Waals surface area contributed by atoms with E-state index in [-0.39, 0.29) is 5.82 Å². The summed E-state index contributed by atoms with van der Waals surface area (Å²) in [5, 5.41) is 2.07. The minimum atomic E-state index is -0.192. The first-order chi connectivity index (χ1) is 13.9. The van der Waals surface area contributed by atoms with Crippen LogP contribution in [0.15, 0.2) is 42.6 Å². The van der Waals surface area contributed by atoms with Crippen LogP contribution in [-0.2, 0) is 0 Å². The van der Waals surface area contributed by atoms with Gasteiger partial charge in [0.25, 0.3) is 0 Å². The zero-order valence-electron chi connectivity index (χ0n) is 17.5. The number of hydrogen-bond acceptors (Lipinski definition) is 4. The van der Waals surface area contributed by atoms with Gasteiger partial charge in [0.2, 0.25) is 0 Å². The number of benzene rings is 2. The fourth-order valence-electron chi connectivity index (χ4n) is 4.61. The highest BCUT2D eigenvalue weighted by atomic mass is 19.1. The second-order valence-electron chi connectivity index (χ2n) is 8.47. The van der Waals surface area contributed by atoms with Crippen molar-refractivity contribution < 1.29 is 4.39 Å². The van der Waals surface area contributed by atoms with Crippen molar-refractivity contribution in [1.29, 1.82) is 0 Å². The first-order valence-corrected chi connectivity index (χ1v) is 10.3. The fourth-order valence-corrected chi connectivity index (χ4v) is 4.61. The molecule has 2 N–H and O–H groups in total. The van der Waals surface area contributed by atoms with Gasteiger partial charge in [0, 0.05) is 47.9 Å². The Balaban J connectivity index is 1.84. The number of nitrogens with two attached hydrogens (primary N) is 1. The van der Waals surface area contributed by atoms with Gasteiger partial charge < -0.3 is 15.5 Å². The van der Waals surface area contributed by atoms with E-state index in [9.17, 15) is 4.39 Å². The number of nitrogen functional groups attached to an aromatic ring is 1. The molecule has 1 aromatic heterocycles. The van der Waals surface area contributed by atoms with Crippen LogP contribution in [0.25, 0.3) is 21.9 Å². The van der Waals surface area contributed by atoms with E-state index in [1.807, 2.05) is 25.1 Å². The van der Waals surface area contributed by atoms with Crippen LogP contribution in [0.5, 0.6) is 0 Å². The number of rotatable bonds is 4. The molecule has 29 heavy (non-hydrogen) atoms. The summed E-state index contributed by atoms with van der Waals surface area (Å²) >= 11 is 0. The van der Waals surface area contributed by atoms with Crippen molar-refractivity contribution in [3.8, 4) is 11.1 Å². The Hall–Kier alpha value is -2.66. The molecule has 1 atom stereocenters. The lowest BCUT2D eigenvalue weighted by atomic mass is 9.93. The molecule has 1 aliphatic rings. The number of nitrogens with zero attached hydrogens (tertiary/aromatic N) is 3. The summed E-state index contributed by atoms with van der Waals surface area (Å²) in [5.74, 6) is 0.935. The smallest absolute Gasteiger partial charge is 0.131 e. The van der Waals surface area contributed by atoms with Crippen LogP contribution in [0.4, 0.5) is 15.9 Å². The van der Waals surface area contributed by atoms with Gasteiger partial charge in [-0.1, -0.05) is 12.1 Å². The van der Waals surface area contributed by atoms with E-state index in [0.29, 0.717) is 17.3 Å². The molecule has 4 rings (SSSR count). The van der Waals surface area contributed by atoms with E-state index < -0.39 is 0 Å². The number of anilines is 2. The lowest BCUT2D eigenvalue weighted by Crippen LogP contribution is -2.39. The number of pyridine rings is 1. The summed E-state index contributed by atoms with van der Waals surface area (Å²) in [6.45, 7) is 5.03. The van der Waals surface area contributed by atoms with Gasteiger partial charge in [0.1, 0.15) is 11.6 Å². The van der Waals surface area contributed by atoms with Crippen molar-refractivity contribution >= 4 is 22.3 Å². The molecule has 152 valence electrons. The molecular weight excluding hydrogens is 363 g/mol. The highest BCUT2D eigenvalue weighted by molar-refractivity contribution is 5.99. The van der Waals surface area contributed by atoms with Crippen molar-refractivity contribution in [2.75, 3.05) is 44.4 Å². The van der Waals surface area contributed by atoms with E-state index in [1.54, 1.807) is 12.3 Å². The monoisotopic (exact) mass is 392 g/mol. The fraction of sp³-hybridized carbons (Fsp3) is 0.375. The Morgan fingerprint density at radius 2 is 2.07 bits per heavy atom. The van der Waals surface area contributed by atoms with Gasteiger partial charge in [-0.2, -0.15) is 0 Å². The number of fused-ring (bicyclic) bond motifs is 1. The van der Waals surface area contributed by atoms with E-state index in [0.717, 1.165) is 53.6 Å². The standard InChI is InChI=1S/C24H29FN4/c1-16-6-4-8-21(25)24(16)18-10-19-13-27-23(26)12-20(19)22(11-18)29-9-5-7-17(15-29)14-28(2)3/h4,6,8,10-13,17H,5,7,9,14-15H2,1-3H3,(H2,26,27)/t17-/m0/s1. The van der Waals surface area contributed by atoms with Gasteiger partial charge in [-0.3, -0.25) is 0 Å². The SMILES string of the molecule is Cc1cccc(F)c1-c1cc(N2CCC[C@@H](CN(C)C)C2)c2cc(N)ncc2c1. The van der Waals surface area contributed by atoms with Gasteiger partial charge in [-0.05, 0) is 75.2 Å². The van der Waals surface area contributed by atoms with Gasteiger partial charge in [-0.15, -0.1) is 0 Å². The molecule has 0 bridgehead atoms. The summed E-state index contributed by atoms with van der Waals surface area (Å²) in [7, 11) is 4.25. The topological polar surface area (TPSA) is 45.4 Å². The Labute approximate surface area is 172 Å². The quantitative estimate of drug-likeness (QED) is 0.698. The van der Waals surface area contributed by atoms with Crippen LogP contribution >= 0.6 is 0 Å². The summed E-state index contributed by atoms with van der Waals surface area (Å²) in [6, 6.07) is 11.3. The first-order valence-electron chi connectivity index (χ1n) is 10.3. The zero-order chi connectivity index (χ0) is 20.5. The Kier molecular flexibility index (Phi) is 5.41. The molecular formula is C24H29FN4. The largest absolute Gasteiger partial charge is 0.384 e. The third-order valence-electron chi connectivity index (χ3n) is 5.83.